The van der Waals surface area contributed by atoms with Crippen molar-refractivity contribution in [1.82, 2.24) is 0 Å². The third kappa shape index (κ3) is 4.96. The lowest BCUT2D eigenvalue weighted by Crippen LogP contribution is -2.50. The smallest absolute Gasteiger partial charge is 0.0189 e. The summed E-state index contributed by atoms with van der Waals surface area (Å²) in [6, 6.07) is 0. The molecule has 7 unspecified atom stereocenters. The molecule has 3 fully saturated rings. The van der Waals surface area contributed by atoms with Gasteiger partial charge in [-0.2, -0.15) is 0 Å². The fraction of sp³-hybridized carbons (Fsp3) is 0.931. The van der Waals surface area contributed by atoms with E-state index in [4.69, 9.17) is 0 Å². The molecule has 3 saturated carbocycles. The van der Waals surface area contributed by atoms with Gasteiger partial charge >= 0.3 is 0 Å². The molecule has 0 bridgehead atoms. The molecule has 178 valence electrons. The maximum absolute atomic E-state index is 2.78. The maximum atomic E-state index is 2.78. The Morgan fingerprint density at radius 3 is 2.65 bits per heavy atom. The summed E-state index contributed by atoms with van der Waals surface area (Å²) in [5.74, 6) is 6.22. The molecular weight excluding hydrogens is 412 g/mol. The third-order valence-corrected chi connectivity index (χ3v) is 13.4. The van der Waals surface area contributed by atoms with E-state index in [-0.39, 0.29) is 0 Å². The summed E-state index contributed by atoms with van der Waals surface area (Å²) < 4.78 is 0. The van der Waals surface area contributed by atoms with Crippen LogP contribution in [0.5, 0.6) is 0 Å². The van der Waals surface area contributed by atoms with Gasteiger partial charge in [0, 0.05) is 11.0 Å². The van der Waals surface area contributed by atoms with E-state index in [1.54, 1.807) is 0 Å². The van der Waals surface area contributed by atoms with Crippen molar-refractivity contribution in [3.63, 3.8) is 0 Å². The van der Waals surface area contributed by atoms with Crippen molar-refractivity contribution in [3.8, 4) is 0 Å². The summed E-state index contributed by atoms with van der Waals surface area (Å²) in [6.07, 6.45) is 21.8. The first-order valence-corrected chi connectivity index (χ1v) is 16.2. The van der Waals surface area contributed by atoms with Crippen molar-refractivity contribution in [3.05, 3.63) is 11.6 Å². The topological polar surface area (TPSA) is 0 Å². The van der Waals surface area contributed by atoms with Crippen LogP contribution >= 0.6 is 21.6 Å². The van der Waals surface area contributed by atoms with Gasteiger partial charge in [0.15, 0.2) is 0 Å². The van der Waals surface area contributed by atoms with Gasteiger partial charge in [-0.1, -0.05) is 87.1 Å². The molecule has 0 aliphatic heterocycles. The second-order valence-corrected chi connectivity index (χ2v) is 15.3. The van der Waals surface area contributed by atoms with Crippen molar-refractivity contribution in [2.45, 2.75) is 123 Å². The Morgan fingerprint density at radius 2 is 1.87 bits per heavy atom. The summed E-state index contributed by atoms with van der Waals surface area (Å²) in [5, 5.41) is 0.878. The quantitative estimate of drug-likeness (QED) is 0.190. The van der Waals surface area contributed by atoms with Gasteiger partial charge in [0.25, 0.3) is 0 Å². The third-order valence-electron chi connectivity index (χ3n) is 10.3. The molecule has 0 aromatic heterocycles. The highest BCUT2D eigenvalue weighted by molar-refractivity contribution is 8.76. The van der Waals surface area contributed by atoms with Crippen molar-refractivity contribution in [2.24, 2.45) is 40.4 Å². The molecule has 4 rings (SSSR count). The van der Waals surface area contributed by atoms with Crippen LogP contribution in [0.25, 0.3) is 0 Å². The molecule has 0 aromatic carbocycles. The number of unbranched alkanes of at least 4 members (excludes halogenated alkanes) is 1. The van der Waals surface area contributed by atoms with Gasteiger partial charge in [0.1, 0.15) is 0 Å². The molecule has 4 aliphatic rings. The average molecular weight is 463 g/mol. The predicted molar refractivity (Wildman–Crippen MR) is 143 cm³/mol. The van der Waals surface area contributed by atoms with Crippen LogP contribution < -0.4 is 0 Å². The Bertz CT molecular complexity index is 624. The predicted octanol–water partition coefficient (Wildman–Crippen LogP) is 9.94. The lowest BCUT2D eigenvalue weighted by atomic mass is 9.47. The number of fused-ring (bicyclic) bond motifs is 5. The first kappa shape index (κ1) is 24.6. The number of allylic oxidation sites excluding steroid dienone is 2. The SMILES string of the molecule is CCCSSC1CCC2(C)C(=CCC3C2CCC2(C)C(CCCCC(C)C)CCC32)C1. The highest BCUT2D eigenvalue weighted by atomic mass is 33.1. The van der Waals surface area contributed by atoms with Gasteiger partial charge in [-0.25, -0.2) is 0 Å². The minimum absolute atomic E-state index is 0.534. The molecule has 0 amide bonds. The summed E-state index contributed by atoms with van der Waals surface area (Å²) >= 11 is 0. The molecule has 0 spiro atoms. The van der Waals surface area contributed by atoms with Crippen molar-refractivity contribution in [1.29, 1.82) is 0 Å². The molecule has 2 heteroatoms. The van der Waals surface area contributed by atoms with E-state index in [1.807, 2.05) is 5.57 Å². The van der Waals surface area contributed by atoms with Gasteiger partial charge in [-0.3, -0.25) is 0 Å². The zero-order valence-electron chi connectivity index (χ0n) is 21.3. The number of hydrogen-bond donors (Lipinski definition) is 0. The minimum atomic E-state index is 0.534. The van der Waals surface area contributed by atoms with Crippen molar-refractivity contribution >= 4 is 21.6 Å². The Morgan fingerprint density at radius 1 is 1.03 bits per heavy atom. The largest absolute Gasteiger partial charge is 0.0939 e. The van der Waals surface area contributed by atoms with Crippen LogP contribution in [0.15, 0.2) is 11.6 Å². The molecule has 0 nitrogen and oxygen atoms in total. The van der Waals surface area contributed by atoms with Gasteiger partial charge in [-0.15, -0.1) is 0 Å². The van der Waals surface area contributed by atoms with E-state index in [1.165, 1.54) is 89.2 Å². The fourth-order valence-corrected chi connectivity index (χ4v) is 11.2. The summed E-state index contributed by atoms with van der Waals surface area (Å²) in [5.41, 5.74) is 3.07. The molecule has 4 aliphatic carbocycles. The second-order valence-electron chi connectivity index (χ2n) is 12.5. The van der Waals surface area contributed by atoms with Gasteiger partial charge in [0.05, 0.1) is 0 Å². The molecular formula is C29H50S2. The van der Waals surface area contributed by atoms with Crippen LogP contribution in [0.4, 0.5) is 0 Å². The van der Waals surface area contributed by atoms with Crippen molar-refractivity contribution in [2.75, 3.05) is 5.75 Å². The van der Waals surface area contributed by atoms with E-state index >= 15 is 0 Å². The van der Waals surface area contributed by atoms with Crippen LogP contribution in [0, 0.1) is 40.4 Å². The standard InChI is InChI=1S/C29H50S2/c1-6-19-30-31-24-15-17-29(5)23(20-24)11-13-25-26-14-12-22(10-8-7-9-21(2)3)28(26,4)18-16-27(25)29/h11,21-22,24-27H,6-10,12-20H2,1-5H3. The van der Waals surface area contributed by atoms with Crippen LogP contribution in [0.3, 0.4) is 0 Å². The molecule has 7 atom stereocenters. The van der Waals surface area contributed by atoms with E-state index in [0.29, 0.717) is 10.8 Å². The van der Waals surface area contributed by atoms with Crippen molar-refractivity contribution < 1.29 is 0 Å². The molecule has 0 heterocycles. The Labute approximate surface area is 202 Å². The lowest BCUT2D eigenvalue weighted by molar-refractivity contribution is -0.0421. The van der Waals surface area contributed by atoms with Crippen LogP contribution in [0.2, 0.25) is 0 Å². The summed E-state index contributed by atoms with van der Waals surface area (Å²) in [7, 11) is 4.34. The Hall–Kier alpha value is 0.440. The highest BCUT2D eigenvalue weighted by Gasteiger charge is 2.58. The molecule has 0 radical (unpaired) electrons. The zero-order chi connectivity index (χ0) is 22.1. The van der Waals surface area contributed by atoms with E-state index in [2.05, 4.69) is 62.3 Å². The zero-order valence-corrected chi connectivity index (χ0v) is 22.9. The minimum Gasteiger partial charge on any atom is -0.0939 e. The average Bonchev–Trinajstić information content (AvgIpc) is 3.08. The highest BCUT2D eigenvalue weighted by Crippen LogP contribution is 2.67. The molecule has 31 heavy (non-hydrogen) atoms. The van der Waals surface area contributed by atoms with Gasteiger partial charge < -0.3 is 0 Å². The van der Waals surface area contributed by atoms with E-state index in [9.17, 15) is 0 Å². The fourth-order valence-electron chi connectivity index (χ4n) is 8.46. The molecule has 0 aromatic rings. The summed E-state index contributed by atoms with van der Waals surface area (Å²) in [6.45, 7) is 12.5. The Kier molecular flexibility index (Phi) is 8.22. The van der Waals surface area contributed by atoms with Crippen LogP contribution in [0.1, 0.15) is 118 Å². The van der Waals surface area contributed by atoms with E-state index < -0.39 is 0 Å². The maximum Gasteiger partial charge on any atom is 0.0189 e. The monoisotopic (exact) mass is 462 g/mol. The second kappa shape index (κ2) is 10.4. The lowest BCUT2D eigenvalue weighted by Gasteiger charge is -2.58. The van der Waals surface area contributed by atoms with Gasteiger partial charge in [-0.05, 0) is 105 Å². The number of hydrogen-bond acceptors (Lipinski definition) is 2. The summed E-state index contributed by atoms with van der Waals surface area (Å²) in [4.78, 5) is 0. The normalized spacial score (nSPS) is 42.1. The Balaban J connectivity index is 1.40. The van der Waals surface area contributed by atoms with Gasteiger partial charge in [0.2, 0.25) is 0 Å². The molecule has 0 saturated heterocycles. The molecule has 0 N–H and O–H groups in total. The first-order chi connectivity index (χ1) is 14.9. The van der Waals surface area contributed by atoms with Crippen LogP contribution in [-0.2, 0) is 0 Å². The van der Waals surface area contributed by atoms with Crippen LogP contribution in [-0.4, -0.2) is 11.0 Å². The van der Waals surface area contributed by atoms with E-state index in [0.717, 1.165) is 34.8 Å². The number of rotatable bonds is 9. The first-order valence-electron chi connectivity index (χ1n) is 13.9.